The van der Waals surface area contributed by atoms with Gasteiger partial charge < -0.3 is 15.0 Å². The Morgan fingerprint density at radius 3 is 2.52 bits per heavy atom. The molecule has 1 fully saturated rings. The summed E-state index contributed by atoms with van der Waals surface area (Å²) >= 11 is 0. The Bertz CT molecular complexity index is 581. The van der Waals surface area contributed by atoms with Crippen LogP contribution in [0.1, 0.15) is 39.7 Å². The van der Waals surface area contributed by atoms with E-state index in [1.807, 2.05) is 27.7 Å². The van der Waals surface area contributed by atoms with Gasteiger partial charge in [0.2, 0.25) is 0 Å². The zero-order valence-corrected chi connectivity index (χ0v) is 15.4. The summed E-state index contributed by atoms with van der Waals surface area (Å²) in [5.41, 5.74) is 0.106. The molecule has 2 unspecified atom stereocenters. The lowest BCUT2D eigenvalue weighted by molar-refractivity contribution is 0.0285. The van der Waals surface area contributed by atoms with Crippen molar-refractivity contribution >= 4 is 6.09 Å². The largest absolute Gasteiger partial charge is 0.444 e. The van der Waals surface area contributed by atoms with Gasteiger partial charge in [-0.25, -0.2) is 13.6 Å². The molecule has 1 saturated heterocycles. The molecule has 0 saturated carbocycles. The molecule has 1 aliphatic heterocycles. The summed E-state index contributed by atoms with van der Waals surface area (Å²) in [5.74, 6) is -0.905. The van der Waals surface area contributed by atoms with Gasteiger partial charge in [0, 0.05) is 25.2 Å². The van der Waals surface area contributed by atoms with Gasteiger partial charge in [0.05, 0.1) is 0 Å². The summed E-state index contributed by atoms with van der Waals surface area (Å²) in [5, 5.41) is 3.40. The molecule has 0 spiro atoms. The van der Waals surface area contributed by atoms with Crippen molar-refractivity contribution in [2.75, 3.05) is 19.6 Å². The summed E-state index contributed by atoms with van der Waals surface area (Å²) in [4.78, 5) is 13.9. The van der Waals surface area contributed by atoms with Crippen LogP contribution in [0.5, 0.6) is 0 Å². The van der Waals surface area contributed by atoms with Crippen molar-refractivity contribution in [2.24, 2.45) is 5.92 Å². The van der Waals surface area contributed by atoms with Crippen LogP contribution in [0.25, 0.3) is 0 Å². The lowest BCUT2D eigenvalue weighted by atomic mass is 9.92. The van der Waals surface area contributed by atoms with Crippen molar-refractivity contribution in [3.05, 3.63) is 35.4 Å². The van der Waals surface area contributed by atoms with Crippen LogP contribution in [0, 0.1) is 17.6 Å². The second kappa shape index (κ2) is 8.13. The fourth-order valence-electron chi connectivity index (χ4n) is 3.26. The third kappa shape index (κ3) is 5.96. The van der Waals surface area contributed by atoms with Gasteiger partial charge in [0.25, 0.3) is 0 Å². The predicted octanol–water partition coefficient (Wildman–Crippen LogP) is 3.74. The van der Waals surface area contributed by atoms with Crippen molar-refractivity contribution in [2.45, 2.75) is 52.2 Å². The molecule has 140 valence electrons. The van der Waals surface area contributed by atoms with Gasteiger partial charge in [-0.2, -0.15) is 0 Å². The summed E-state index contributed by atoms with van der Waals surface area (Å²) in [6.45, 7) is 9.52. The number of nitrogens with one attached hydrogen (secondary N) is 1. The molecule has 0 radical (unpaired) electrons. The second-order valence-corrected chi connectivity index (χ2v) is 7.62. The molecular weight excluding hydrogens is 326 g/mol. The van der Waals surface area contributed by atoms with E-state index < -0.39 is 17.2 Å². The van der Waals surface area contributed by atoms with E-state index in [2.05, 4.69) is 5.32 Å². The number of rotatable bonds is 5. The zero-order valence-electron chi connectivity index (χ0n) is 15.4. The molecule has 1 amide bonds. The number of ether oxygens (including phenoxy) is 1. The molecule has 0 aromatic heterocycles. The monoisotopic (exact) mass is 354 g/mol. The van der Waals surface area contributed by atoms with Crippen LogP contribution < -0.4 is 5.32 Å². The molecule has 6 heteroatoms. The van der Waals surface area contributed by atoms with Gasteiger partial charge >= 0.3 is 6.09 Å². The molecule has 25 heavy (non-hydrogen) atoms. The highest BCUT2D eigenvalue weighted by Crippen LogP contribution is 2.24. The minimum Gasteiger partial charge on any atom is -0.444 e. The number of hydrogen-bond donors (Lipinski definition) is 1. The normalized spacial score (nSPS) is 19.1. The molecule has 2 atom stereocenters. The van der Waals surface area contributed by atoms with Gasteiger partial charge in [-0.05, 0) is 63.8 Å². The van der Waals surface area contributed by atoms with E-state index in [9.17, 15) is 13.6 Å². The third-order valence-electron chi connectivity index (χ3n) is 4.29. The van der Waals surface area contributed by atoms with Crippen LogP contribution in [0.2, 0.25) is 0 Å². The predicted molar refractivity (Wildman–Crippen MR) is 93.4 cm³/mol. The number of likely N-dealkylation sites (N-methyl/N-ethyl adjacent to an activating group) is 1. The fourth-order valence-corrected chi connectivity index (χ4v) is 3.26. The molecule has 0 bridgehead atoms. The van der Waals surface area contributed by atoms with E-state index in [4.69, 9.17) is 4.74 Å². The van der Waals surface area contributed by atoms with E-state index in [-0.39, 0.29) is 18.1 Å². The van der Waals surface area contributed by atoms with E-state index in [1.165, 1.54) is 12.1 Å². The average Bonchev–Trinajstić information content (AvgIpc) is 2.93. The highest BCUT2D eigenvalue weighted by atomic mass is 19.1. The molecule has 1 aliphatic rings. The van der Waals surface area contributed by atoms with Gasteiger partial charge in [0.1, 0.15) is 17.2 Å². The fraction of sp³-hybridized carbons (Fsp3) is 0.632. The van der Waals surface area contributed by atoms with Crippen LogP contribution in [0.15, 0.2) is 18.2 Å². The van der Waals surface area contributed by atoms with Gasteiger partial charge in [-0.15, -0.1) is 0 Å². The summed E-state index contributed by atoms with van der Waals surface area (Å²) in [7, 11) is 0. The highest BCUT2D eigenvalue weighted by molar-refractivity contribution is 5.68. The number of halogens is 2. The Balaban J connectivity index is 2.02. The Kier molecular flexibility index (Phi) is 6.38. The molecule has 1 heterocycles. The highest BCUT2D eigenvalue weighted by Gasteiger charge is 2.33. The first-order valence-corrected chi connectivity index (χ1v) is 8.84. The van der Waals surface area contributed by atoms with E-state index in [1.54, 1.807) is 4.90 Å². The zero-order chi connectivity index (χ0) is 18.6. The molecule has 4 nitrogen and oxygen atoms in total. The van der Waals surface area contributed by atoms with Crippen molar-refractivity contribution < 1.29 is 18.3 Å². The first-order chi connectivity index (χ1) is 11.7. The number of amides is 1. The second-order valence-electron chi connectivity index (χ2n) is 7.62. The van der Waals surface area contributed by atoms with E-state index in [0.29, 0.717) is 25.1 Å². The Labute approximate surface area is 148 Å². The van der Waals surface area contributed by atoms with Crippen molar-refractivity contribution in [1.29, 1.82) is 0 Å². The summed E-state index contributed by atoms with van der Waals surface area (Å²) < 4.78 is 32.3. The Hall–Kier alpha value is -1.69. The lowest BCUT2D eigenvalue weighted by Gasteiger charge is -2.27. The van der Waals surface area contributed by atoms with Crippen LogP contribution in [0.3, 0.4) is 0 Å². The maximum atomic E-state index is 13.4. The number of carbonyl (C=O) groups excluding carboxylic acids is 1. The third-order valence-corrected chi connectivity index (χ3v) is 4.29. The van der Waals surface area contributed by atoms with Crippen LogP contribution >= 0.6 is 0 Å². The van der Waals surface area contributed by atoms with Crippen molar-refractivity contribution in [3.8, 4) is 0 Å². The minimum absolute atomic E-state index is 0.0543. The van der Waals surface area contributed by atoms with Crippen LogP contribution in [-0.4, -0.2) is 42.3 Å². The topological polar surface area (TPSA) is 41.6 Å². The Morgan fingerprint density at radius 1 is 1.32 bits per heavy atom. The summed E-state index contributed by atoms with van der Waals surface area (Å²) in [6, 6.07) is 3.67. The first-order valence-electron chi connectivity index (χ1n) is 8.84. The Morgan fingerprint density at radius 2 is 1.96 bits per heavy atom. The summed E-state index contributed by atoms with van der Waals surface area (Å²) in [6.07, 6.45) is 1.06. The molecule has 2 rings (SSSR count). The lowest BCUT2D eigenvalue weighted by Crippen LogP contribution is -2.41. The minimum atomic E-state index is -0.563. The maximum absolute atomic E-state index is 13.4. The molecule has 1 aromatic carbocycles. The molecule has 0 aliphatic carbocycles. The molecule has 1 aromatic rings. The number of carbonyl (C=O) groups is 1. The number of likely N-dealkylation sites (tertiary alicyclic amines) is 1. The molecular formula is C19H28F2N2O2. The quantitative estimate of drug-likeness (QED) is 0.876. The smallest absolute Gasteiger partial charge is 0.410 e. The van der Waals surface area contributed by atoms with E-state index >= 15 is 0 Å². The maximum Gasteiger partial charge on any atom is 0.410 e. The van der Waals surface area contributed by atoms with Crippen molar-refractivity contribution in [3.63, 3.8) is 0 Å². The number of nitrogens with zero attached hydrogens (tertiary/aromatic N) is 1. The van der Waals surface area contributed by atoms with Gasteiger partial charge in [0.15, 0.2) is 0 Å². The van der Waals surface area contributed by atoms with Gasteiger partial charge in [-0.1, -0.05) is 6.92 Å². The first kappa shape index (κ1) is 19.6. The van der Waals surface area contributed by atoms with E-state index in [0.717, 1.165) is 19.0 Å². The molecule has 1 N–H and O–H groups in total. The average molecular weight is 354 g/mol. The number of hydrogen-bond acceptors (Lipinski definition) is 3. The van der Waals surface area contributed by atoms with Gasteiger partial charge in [-0.3, -0.25) is 0 Å². The van der Waals surface area contributed by atoms with Crippen LogP contribution in [-0.2, 0) is 11.2 Å². The standard InChI is InChI=1S/C19H28F2N2O2/c1-5-22-17(10-13-8-15(20)11-16(21)9-13)14-6-7-23(12-14)18(24)25-19(2,3)4/h8-9,11,14,17,22H,5-7,10,12H2,1-4H3. The van der Waals surface area contributed by atoms with Crippen LogP contribution in [0.4, 0.5) is 13.6 Å². The van der Waals surface area contributed by atoms with Crippen molar-refractivity contribution in [1.82, 2.24) is 10.2 Å². The SMILES string of the molecule is CCNC(Cc1cc(F)cc(F)c1)C1CCN(C(=O)OC(C)(C)C)C1. The number of benzene rings is 1.